The van der Waals surface area contributed by atoms with Crippen molar-refractivity contribution in [3.05, 3.63) is 58.6 Å². The molecule has 0 spiro atoms. The molecule has 0 unspecified atom stereocenters. The summed E-state index contributed by atoms with van der Waals surface area (Å²) in [5.74, 6) is 0.363. The summed E-state index contributed by atoms with van der Waals surface area (Å²) in [5, 5.41) is 13.4. The van der Waals surface area contributed by atoms with E-state index in [0.717, 1.165) is 4.90 Å². The summed E-state index contributed by atoms with van der Waals surface area (Å²) in [7, 11) is 3.30. The first kappa shape index (κ1) is 20.2. The summed E-state index contributed by atoms with van der Waals surface area (Å²) in [6, 6.07) is 12.7. The summed E-state index contributed by atoms with van der Waals surface area (Å²) in [4.78, 5) is 35.9. The third-order valence-corrected chi connectivity index (χ3v) is 4.43. The van der Waals surface area contributed by atoms with Gasteiger partial charge in [-0.3, -0.25) is 19.7 Å². The summed E-state index contributed by atoms with van der Waals surface area (Å²) in [6.07, 6.45) is 0. The molecule has 142 valence electrons. The second-order valence-electron chi connectivity index (χ2n) is 5.69. The standard InChI is InChI=1S/C18H19N3O5S/c1-20(2)18(23)11-26-15-7-3-13(4-8-15)19-17(22)12-27-16-9-5-14(6-10-16)21(24)25/h3-10H,11-12H2,1-2H3,(H,19,22). The van der Waals surface area contributed by atoms with Crippen LogP contribution < -0.4 is 10.1 Å². The monoisotopic (exact) mass is 389 g/mol. The molecule has 2 amide bonds. The van der Waals surface area contributed by atoms with Crippen molar-refractivity contribution in [3.8, 4) is 5.75 Å². The van der Waals surface area contributed by atoms with Crippen LogP contribution in [0.25, 0.3) is 0 Å². The van der Waals surface area contributed by atoms with Gasteiger partial charge in [-0.15, -0.1) is 11.8 Å². The van der Waals surface area contributed by atoms with Crippen LogP contribution in [0.3, 0.4) is 0 Å². The third kappa shape index (κ3) is 6.63. The van der Waals surface area contributed by atoms with Crippen LogP contribution in [0.1, 0.15) is 0 Å². The van der Waals surface area contributed by atoms with E-state index in [0.29, 0.717) is 11.4 Å². The molecule has 0 saturated heterocycles. The van der Waals surface area contributed by atoms with E-state index in [1.807, 2.05) is 0 Å². The molecule has 0 aliphatic carbocycles. The van der Waals surface area contributed by atoms with Crippen molar-refractivity contribution in [2.45, 2.75) is 4.90 Å². The van der Waals surface area contributed by atoms with Gasteiger partial charge < -0.3 is 15.0 Å². The smallest absolute Gasteiger partial charge is 0.269 e. The number of likely N-dealkylation sites (N-methyl/N-ethyl adjacent to an activating group) is 1. The SMILES string of the molecule is CN(C)C(=O)COc1ccc(NC(=O)CSc2ccc([N+](=O)[O-])cc2)cc1. The molecule has 0 aliphatic heterocycles. The number of rotatable bonds is 8. The van der Waals surface area contributed by atoms with Gasteiger partial charge in [-0.2, -0.15) is 0 Å². The molecule has 0 atom stereocenters. The average molecular weight is 389 g/mol. The van der Waals surface area contributed by atoms with Crippen LogP contribution in [-0.2, 0) is 9.59 Å². The molecule has 0 aliphatic rings. The number of nitro groups is 1. The molecule has 0 fully saturated rings. The van der Waals surface area contributed by atoms with Crippen molar-refractivity contribution in [3.63, 3.8) is 0 Å². The highest BCUT2D eigenvalue weighted by atomic mass is 32.2. The predicted octanol–water partition coefficient (Wildman–Crippen LogP) is 2.79. The largest absolute Gasteiger partial charge is 0.484 e. The zero-order valence-electron chi connectivity index (χ0n) is 14.9. The summed E-state index contributed by atoms with van der Waals surface area (Å²) in [6.45, 7) is -0.0510. The van der Waals surface area contributed by atoms with Crippen molar-refractivity contribution >= 4 is 35.0 Å². The number of hydrogen-bond acceptors (Lipinski definition) is 6. The topological polar surface area (TPSA) is 102 Å². The molecular weight excluding hydrogens is 370 g/mol. The van der Waals surface area contributed by atoms with Crippen molar-refractivity contribution in [1.29, 1.82) is 0 Å². The van der Waals surface area contributed by atoms with Crippen molar-refractivity contribution in [2.75, 3.05) is 31.8 Å². The summed E-state index contributed by atoms with van der Waals surface area (Å²) >= 11 is 1.28. The maximum atomic E-state index is 12.0. The fourth-order valence-corrected chi connectivity index (χ4v) is 2.62. The quantitative estimate of drug-likeness (QED) is 0.423. The van der Waals surface area contributed by atoms with E-state index < -0.39 is 4.92 Å². The third-order valence-electron chi connectivity index (χ3n) is 3.42. The molecule has 0 bridgehead atoms. The Labute approximate surface area is 160 Å². The Kier molecular flexibility index (Phi) is 7.18. The Morgan fingerprint density at radius 2 is 1.74 bits per heavy atom. The number of benzene rings is 2. The average Bonchev–Trinajstić information content (AvgIpc) is 2.65. The van der Waals surface area contributed by atoms with Crippen LogP contribution >= 0.6 is 11.8 Å². The lowest BCUT2D eigenvalue weighted by Crippen LogP contribution is -2.27. The highest BCUT2D eigenvalue weighted by Gasteiger charge is 2.08. The number of ether oxygens (including phenoxy) is 1. The fraction of sp³-hybridized carbons (Fsp3) is 0.222. The van der Waals surface area contributed by atoms with Crippen LogP contribution in [0.4, 0.5) is 11.4 Å². The summed E-state index contributed by atoms with van der Waals surface area (Å²) < 4.78 is 5.36. The van der Waals surface area contributed by atoms with Gasteiger partial charge in [0.2, 0.25) is 5.91 Å². The van der Waals surface area contributed by atoms with E-state index in [1.165, 1.54) is 28.8 Å². The zero-order valence-corrected chi connectivity index (χ0v) is 15.7. The van der Waals surface area contributed by atoms with Crippen molar-refractivity contribution in [1.82, 2.24) is 4.90 Å². The van der Waals surface area contributed by atoms with E-state index in [1.54, 1.807) is 50.5 Å². The first-order valence-electron chi connectivity index (χ1n) is 7.95. The van der Waals surface area contributed by atoms with Gasteiger partial charge in [0, 0.05) is 36.8 Å². The first-order chi connectivity index (χ1) is 12.8. The molecule has 8 nitrogen and oxygen atoms in total. The fourth-order valence-electron chi connectivity index (χ4n) is 1.92. The molecule has 27 heavy (non-hydrogen) atoms. The number of hydrogen-bond donors (Lipinski definition) is 1. The molecule has 0 heterocycles. The number of non-ortho nitro benzene ring substituents is 1. The molecule has 2 aromatic rings. The van der Waals surface area contributed by atoms with E-state index >= 15 is 0 Å². The molecule has 2 rings (SSSR count). The van der Waals surface area contributed by atoms with E-state index in [2.05, 4.69) is 5.32 Å². The number of amides is 2. The molecule has 2 aromatic carbocycles. The molecule has 0 saturated carbocycles. The van der Waals surface area contributed by atoms with E-state index in [4.69, 9.17) is 4.74 Å². The molecule has 0 aromatic heterocycles. The van der Waals surface area contributed by atoms with Gasteiger partial charge in [-0.25, -0.2) is 0 Å². The maximum absolute atomic E-state index is 12.0. The van der Waals surface area contributed by atoms with Gasteiger partial charge in [-0.05, 0) is 36.4 Å². The molecular formula is C18H19N3O5S. The lowest BCUT2D eigenvalue weighted by Gasteiger charge is -2.11. The zero-order chi connectivity index (χ0) is 19.8. The van der Waals surface area contributed by atoms with Crippen LogP contribution in [0.5, 0.6) is 5.75 Å². The Balaban J connectivity index is 1.79. The molecule has 9 heteroatoms. The number of nitrogens with zero attached hydrogens (tertiary/aromatic N) is 2. The summed E-state index contributed by atoms with van der Waals surface area (Å²) in [5.41, 5.74) is 0.619. The Hall–Kier alpha value is -3.07. The number of carbonyl (C=O) groups is 2. The van der Waals surface area contributed by atoms with Crippen LogP contribution in [0.2, 0.25) is 0 Å². The number of anilines is 1. The number of nitro benzene ring substituents is 1. The molecule has 1 N–H and O–H groups in total. The Bertz CT molecular complexity index is 807. The highest BCUT2D eigenvalue weighted by Crippen LogP contribution is 2.22. The van der Waals surface area contributed by atoms with Crippen molar-refractivity contribution in [2.24, 2.45) is 0 Å². The number of nitrogens with one attached hydrogen (secondary N) is 1. The van der Waals surface area contributed by atoms with Crippen LogP contribution in [-0.4, -0.2) is 48.1 Å². The van der Waals surface area contributed by atoms with Crippen LogP contribution in [0.15, 0.2) is 53.4 Å². The van der Waals surface area contributed by atoms with Gasteiger partial charge in [0.05, 0.1) is 10.7 Å². The Morgan fingerprint density at radius 1 is 1.11 bits per heavy atom. The van der Waals surface area contributed by atoms with Gasteiger partial charge in [-0.1, -0.05) is 0 Å². The van der Waals surface area contributed by atoms with Gasteiger partial charge in [0.15, 0.2) is 6.61 Å². The van der Waals surface area contributed by atoms with E-state index in [9.17, 15) is 19.7 Å². The van der Waals surface area contributed by atoms with Crippen LogP contribution in [0, 0.1) is 10.1 Å². The predicted molar refractivity (Wildman–Crippen MR) is 103 cm³/mol. The number of thioether (sulfide) groups is 1. The van der Waals surface area contributed by atoms with E-state index in [-0.39, 0.29) is 29.9 Å². The van der Waals surface area contributed by atoms with Gasteiger partial charge in [0.25, 0.3) is 11.6 Å². The van der Waals surface area contributed by atoms with Crippen molar-refractivity contribution < 1.29 is 19.2 Å². The second-order valence-corrected chi connectivity index (χ2v) is 6.74. The highest BCUT2D eigenvalue weighted by molar-refractivity contribution is 8.00. The lowest BCUT2D eigenvalue weighted by atomic mass is 10.3. The first-order valence-corrected chi connectivity index (χ1v) is 8.94. The normalized spacial score (nSPS) is 10.1. The Morgan fingerprint density at radius 3 is 2.30 bits per heavy atom. The van der Waals surface area contributed by atoms with Gasteiger partial charge >= 0.3 is 0 Å². The maximum Gasteiger partial charge on any atom is 0.269 e. The molecule has 0 radical (unpaired) electrons. The minimum atomic E-state index is -0.467. The van der Waals surface area contributed by atoms with Gasteiger partial charge in [0.1, 0.15) is 5.75 Å². The lowest BCUT2D eigenvalue weighted by molar-refractivity contribution is -0.384. The number of carbonyl (C=O) groups excluding carboxylic acids is 2. The minimum absolute atomic E-state index is 0.0124. The minimum Gasteiger partial charge on any atom is -0.484 e. The second kappa shape index (κ2) is 9.58.